The Balaban J connectivity index is 0.000000121. The minimum atomic E-state index is 0.513. The van der Waals surface area contributed by atoms with E-state index in [2.05, 4.69) is 438 Å². The van der Waals surface area contributed by atoms with Gasteiger partial charge in [0.25, 0.3) is 0 Å². The van der Waals surface area contributed by atoms with Gasteiger partial charge in [-0.25, -0.2) is 0 Å². The first kappa shape index (κ1) is 70.5. The Morgan fingerprint density at radius 1 is 0.196 bits per heavy atom. The summed E-state index contributed by atoms with van der Waals surface area (Å²) in [5, 5.41) is 7.94. The van der Waals surface area contributed by atoms with Crippen LogP contribution in [0.5, 0.6) is 0 Å². The van der Waals surface area contributed by atoms with E-state index in [0.717, 1.165) is 0 Å². The molecule has 1 heterocycles. The van der Waals surface area contributed by atoms with Crippen LogP contribution in [0.3, 0.4) is 0 Å². The molecule has 0 atom stereocenters. The molecular weight excluding hydrogens is 1230 g/mol. The number of benzene rings is 15. The third-order valence-electron chi connectivity index (χ3n) is 19.5. The Morgan fingerprint density at radius 2 is 0.549 bits per heavy atom. The van der Waals surface area contributed by atoms with Crippen molar-refractivity contribution < 1.29 is 0 Å². The Morgan fingerprint density at radius 3 is 1.09 bits per heavy atom. The lowest BCUT2D eigenvalue weighted by atomic mass is 9.88. The number of hydrogen-bond donors (Lipinski definition) is 0. The fourth-order valence-electron chi connectivity index (χ4n) is 13.8. The number of aromatic nitrogens is 1. The highest BCUT2D eigenvalue weighted by Gasteiger charge is 2.17. The van der Waals surface area contributed by atoms with Crippen molar-refractivity contribution in [2.75, 3.05) is 0 Å². The Bertz CT molecular complexity index is 5310. The van der Waals surface area contributed by atoms with Crippen molar-refractivity contribution in [1.29, 1.82) is 0 Å². The van der Waals surface area contributed by atoms with Crippen molar-refractivity contribution in [2.45, 2.75) is 98.8 Å². The molecule has 16 rings (SSSR count). The largest absolute Gasteiger partial charge is 0.309 e. The van der Waals surface area contributed by atoms with Crippen LogP contribution in [0.2, 0.25) is 0 Å². The van der Waals surface area contributed by atoms with Gasteiger partial charge in [-0.05, 0) is 176 Å². The monoisotopic (exact) mass is 1320 g/mol. The van der Waals surface area contributed by atoms with Gasteiger partial charge in [-0.3, -0.25) is 0 Å². The van der Waals surface area contributed by atoms with Gasteiger partial charge in [0, 0.05) is 16.5 Å². The van der Waals surface area contributed by atoms with Crippen molar-refractivity contribution in [1.82, 2.24) is 4.57 Å². The molecule has 0 bridgehead atoms. The lowest BCUT2D eigenvalue weighted by Gasteiger charge is -2.16. The third-order valence-corrected chi connectivity index (χ3v) is 19.5. The molecule has 0 unspecified atom stereocenters. The molecule has 102 heavy (non-hydrogen) atoms. The van der Waals surface area contributed by atoms with Crippen LogP contribution >= 0.6 is 0 Å². The second-order valence-electron chi connectivity index (χ2n) is 28.1. The van der Waals surface area contributed by atoms with Gasteiger partial charge < -0.3 is 4.57 Å². The van der Waals surface area contributed by atoms with Crippen LogP contribution in [0, 0.1) is 0 Å². The topological polar surface area (TPSA) is 4.93 Å². The number of hydrogen-bond acceptors (Lipinski definition) is 0. The van der Waals surface area contributed by atoms with Crippen LogP contribution in [-0.2, 0) is 0 Å². The zero-order chi connectivity index (χ0) is 70.9. The first-order valence-corrected chi connectivity index (χ1v) is 36.5. The van der Waals surface area contributed by atoms with E-state index in [1.54, 1.807) is 0 Å². The normalized spacial score (nSPS) is 11.1. The van der Waals surface area contributed by atoms with Gasteiger partial charge in [-0.2, -0.15) is 0 Å². The third kappa shape index (κ3) is 16.7. The summed E-state index contributed by atoms with van der Waals surface area (Å²) in [7, 11) is 0. The molecule has 1 nitrogen and oxygen atoms in total. The fourth-order valence-corrected chi connectivity index (χ4v) is 13.8. The highest BCUT2D eigenvalue weighted by Crippen LogP contribution is 2.40. The lowest BCUT2D eigenvalue weighted by Crippen LogP contribution is -1.93. The molecule has 0 saturated carbocycles. The highest BCUT2D eigenvalue weighted by atomic mass is 15.0. The Hall–Kier alpha value is -11.4. The second kappa shape index (κ2) is 33.7. The Labute approximate surface area is 607 Å². The molecule has 0 fully saturated rings. The standard InChI is InChI=1S/C21H19N.2C21H20.2C19H18/c1-15(2)17-12-8-14-20-21(17)18-11-6-7-13-19(18)22(20)16-9-4-3-5-10-16;1-16(2)18-12-6-8-14-20(18)21-15-9-7-13-19(21)17-10-4-3-5-11-17;1-16(2)17-12-14-19(15-13-17)21-11-7-6-10-20(21)18-8-4-3-5-9-18;1-14(2)15-10-12-17(13-11-15)19-9-5-7-16-6-3-4-8-18(16)19;1-14(2)15-7-9-17(10-8-15)19-12-11-16-5-3-4-6-18(16)13-19/h3-15H,1-2H3;2*3-16H,1-2H3;2*3-14H,1-2H3. The molecule has 0 aliphatic rings. The van der Waals surface area contributed by atoms with E-state index in [4.69, 9.17) is 0 Å². The van der Waals surface area contributed by atoms with Crippen molar-refractivity contribution in [2.24, 2.45) is 0 Å². The van der Waals surface area contributed by atoms with Crippen molar-refractivity contribution in [3.63, 3.8) is 0 Å². The van der Waals surface area contributed by atoms with Crippen LogP contribution in [0.15, 0.2) is 364 Å². The minimum absolute atomic E-state index is 0.513. The SMILES string of the molecule is CC(C)c1ccc(-c2ccc3ccccc3c2)cc1.CC(C)c1ccc(-c2cccc3ccccc23)cc1.CC(C)c1ccc(-c2ccccc2-c2ccccc2)cc1.CC(C)c1cccc2c1c1ccccc1n2-c1ccccc1.CC(C)c1ccccc1-c1ccccc1-c1ccccc1. The summed E-state index contributed by atoms with van der Waals surface area (Å²) in [6, 6.07) is 130. The van der Waals surface area contributed by atoms with E-state index in [9.17, 15) is 0 Å². The first-order chi connectivity index (χ1) is 49.8. The molecule has 0 spiro atoms. The molecule has 1 heteroatoms. The van der Waals surface area contributed by atoms with Crippen LogP contribution in [0.4, 0.5) is 0 Å². The summed E-state index contributed by atoms with van der Waals surface area (Å²) in [6.07, 6.45) is 0. The zero-order valence-corrected chi connectivity index (χ0v) is 61.0. The van der Waals surface area contributed by atoms with E-state index >= 15 is 0 Å². The minimum Gasteiger partial charge on any atom is -0.309 e. The van der Waals surface area contributed by atoms with E-state index in [0.29, 0.717) is 29.6 Å². The number of fused-ring (bicyclic) bond motifs is 5. The van der Waals surface area contributed by atoms with Gasteiger partial charge >= 0.3 is 0 Å². The van der Waals surface area contributed by atoms with Gasteiger partial charge in [0.15, 0.2) is 0 Å². The maximum Gasteiger partial charge on any atom is 0.0543 e. The molecule has 15 aromatic carbocycles. The van der Waals surface area contributed by atoms with Crippen molar-refractivity contribution in [3.8, 4) is 72.4 Å². The quantitative estimate of drug-likeness (QED) is 0.115. The van der Waals surface area contributed by atoms with Crippen LogP contribution < -0.4 is 0 Å². The molecule has 0 aliphatic heterocycles. The summed E-state index contributed by atoms with van der Waals surface area (Å²) in [6.45, 7) is 22.4. The lowest BCUT2D eigenvalue weighted by molar-refractivity contribution is 0.867. The van der Waals surface area contributed by atoms with E-state index in [-0.39, 0.29) is 0 Å². The molecule has 0 N–H and O–H groups in total. The molecule has 504 valence electrons. The van der Waals surface area contributed by atoms with Crippen LogP contribution in [0.25, 0.3) is 116 Å². The molecule has 0 amide bonds. The van der Waals surface area contributed by atoms with Crippen LogP contribution in [0.1, 0.15) is 127 Å². The van der Waals surface area contributed by atoms with Gasteiger partial charge in [-0.15, -0.1) is 0 Å². The average Bonchev–Trinajstić information content (AvgIpc) is 1.59. The zero-order valence-electron chi connectivity index (χ0n) is 61.0. The number of rotatable bonds is 12. The van der Waals surface area contributed by atoms with Gasteiger partial charge in [-0.1, -0.05) is 403 Å². The second-order valence-corrected chi connectivity index (χ2v) is 28.1. The van der Waals surface area contributed by atoms with Gasteiger partial charge in [0.2, 0.25) is 0 Å². The molecular formula is C101H95N. The Kier molecular flexibility index (Phi) is 23.3. The molecule has 16 aromatic rings. The summed E-state index contributed by atoms with van der Waals surface area (Å²) >= 11 is 0. The molecule has 1 aromatic heterocycles. The van der Waals surface area contributed by atoms with E-state index in [1.807, 2.05) is 0 Å². The number of nitrogens with zero attached hydrogens (tertiary/aromatic N) is 1. The summed E-state index contributed by atoms with van der Waals surface area (Å²) in [5.74, 6) is 2.78. The summed E-state index contributed by atoms with van der Waals surface area (Å²) in [5.41, 5.74) is 26.3. The predicted octanol–water partition coefficient (Wildman–Crippen LogP) is 29.5. The fraction of sp³-hybridized carbons (Fsp3) is 0.149. The summed E-state index contributed by atoms with van der Waals surface area (Å²) in [4.78, 5) is 0. The maximum absolute atomic E-state index is 2.37. The van der Waals surface area contributed by atoms with E-state index in [1.165, 1.54) is 144 Å². The molecule has 0 aliphatic carbocycles. The highest BCUT2D eigenvalue weighted by molar-refractivity contribution is 6.11. The first-order valence-electron chi connectivity index (χ1n) is 36.5. The smallest absolute Gasteiger partial charge is 0.0543 e. The predicted molar refractivity (Wildman–Crippen MR) is 445 cm³/mol. The number of para-hydroxylation sites is 2. The average molecular weight is 1320 g/mol. The molecule has 0 radical (unpaired) electrons. The van der Waals surface area contributed by atoms with Crippen molar-refractivity contribution >= 4 is 43.4 Å². The maximum atomic E-state index is 2.37. The van der Waals surface area contributed by atoms with Gasteiger partial charge in [0.05, 0.1) is 11.0 Å². The van der Waals surface area contributed by atoms with Gasteiger partial charge in [0.1, 0.15) is 0 Å². The molecule has 0 saturated heterocycles. The van der Waals surface area contributed by atoms with Crippen molar-refractivity contribution in [3.05, 3.63) is 392 Å². The van der Waals surface area contributed by atoms with Crippen LogP contribution in [-0.4, -0.2) is 4.57 Å². The van der Waals surface area contributed by atoms with E-state index < -0.39 is 0 Å². The summed E-state index contributed by atoms with van der Waals surface area (Å²) < 4.78 is 2.37.